The van der Waals surface area contributed by atoms with Gasteiger partial charge in [0.15, 0.2) is 5.75 Å². The Balaban J connectivity index is 2.34. The Kier molecular flexibility index (Phi) is 3.39. The Morgan fingerprint density at radius 1 is 1.57 bits per heavy atom. The summed E-state index contributed by atoms with van der Waals surface area (Å²) in [4.78, 5) is 16.0. The molecule has 21 heavy (non-hydrogen) atoms. The highest BCUT2D eigenvalue weighted by Crippen LogP contribution is 2.43. The molecule has 2 aromatic heterocycles. The fourth-order valence-corrected chi connectivity index (χ4v) is 3.00. The molecule has 6 heteroatoms. The van der Waals surface area contributed by atoms with Gasteiger partial charge in [0.2, 0.25) is 0 Å². The van der Waals surface area contributed by atoms with Gasteiger partial charge in [-0.15, -0.1) is 0 Å². The van der Waals surface area contributed by atoms with Gasteiger partial charge in [0.1, 0.15) is 5.56 Å². The Morgan fingerprint density at radius 3 is 3.00 bits per heavy atom. The van der Waals surface area contributed by atoms with Gasteiger partial charge in [-0.25, -0.2) is 0 Å². The number of aliphatic hydroxyl groups is 1. The van der Waals surface area contributed by atoms with Crippen molar-refractivity contribution in [3.8, 4) is 17.0 Å². The minimum atomic E-state index is -0.708. The van der Waals surface area contributed by atoms with Gasteiger partial charge in [0, 0.05) is 24.5 Å². The van der Waals surface area contributed by atoms with E-state index in [1.807, 2.05) is 16.7 Å². The van der Waals surface area contributed by atoms with E-state index in [0.717, 1.165) is 17.7 Å². The number of aliphatic hydroxyl groups excluding tert-OH is 1. The number of primary amides is 1. The average Bonchev–Trinajstić information content (AvgIpc) is 2.84. The van der Waals surface area contributed by atoms with Crippen molar-refractivity contribution in [1.82, 2.24) is 9.55 Å². The van der Waals surface area contributed by atoms with Crippen LogP contribution in [0.4, 0.5) is 0 Å². The standard InChI is InChI=1S/C15H17N3O3/c1-21-14-11(15(16)20)13-10(19)5-3-7-18(13)12(14)9-4-2-6-17-8-9/h2,4,6,8,10,19H,3,5,7H2,1H3,(H2,16,20). The van der Waals surface area contributed by atoms with Gasteiger partial charge in [-0.1, -0.05) is 0 Å². The largest absolute Gasteiger partial charge is 0.494 e. The van der Waals surface area contributed by atoms with Crippen LogP contribution in [-0.4, -0.2) is 27.7 Å². The van der Waals surface area contributed by atoms with E-state index in [9.17, 15) is 9.90 Å². The molecular formula is C15H17N3O3. The Labute approximate surface area is 122 Å². The van der Waals surface area contributed by atoms with Crippen molar-refractivity contribution in [2.75, 3.05) is 7.11 Å². The number of nitrogens with two attached hydrogens (primary N) is 1. The monoisotopic (exact) mass is 287 g/mol. The summed E-state index contributed by atoms with van der Waals surface area (Å²) in [6, 6.07) is 3.71. The normalized spacial score (nSPS) is 17.3. The van der Waals surface area contributed by atoms with Crippen LogP contribution in [0.15, 0.2) is 24.5 Å². The summed E-state index contributed by atoms with van der Waals surface area (Å²) in [5, 5.41) is 10.3. The molecule has 1 amide bonds. The molecule has 110 valence electrons. The minimum absolute atomic E-state index is 0.267. The third-order valence-electron chi connectivity index (χ3n) is 3.82. The number of nitrogens with zero attached hydrogens (tertiary/aromatic N) is 2. The first-order valence-corrected chi connectivity index (χ1v) is 6.83. The van der Waals surface area contributed by atoms with E-state index in [2.05, 4.69) is 4.98 Å². The first-order valence-electron chi connectivity index (χ1n) is 6.83. The highest BCUT2D eigenvalue weighted by Gasteiger charge is 2.33. The van der Waals surface area contributed by atoms with Crippen molar-refractivity contribution in [3.05, 3.63) is 35.8 Å². The van der Waals surface area contributed by atoms with Gasteiger partial charge in [0.05, 0.1) is 24.6 Å². The average molecular weight is 287 g/mol. The number of ether oxygens (including phenoxy) is 1. The van der Waals surface area contributed by atoms with Gasteiger partial charge < -0.3 is 20.1 Å². The fraction of sp³-hybridized carbons (Fsp3) is 0.333. The number of hydrogen-bond donors (Lipinski definition) is 2. The summed E-state index contributed by atoms with van der Waals surface area (Å²) in [5.74, 6) is -0.182. The van der Waals surface area contributed by atoms with Crippen molar-refractivity contribution in [2.45, 2.75) is 25.5 Å². The third kappa shape index (κ3) is 2.08. The molecule has 0 radical (unpaired) electrons. The molecule has 0 fully saturated rings. The summed E-state index contributed by atoms with van der Waals surface area (Å²) in [5.41, 5.74) is 7.90. The molecule has 0 bridgehead atoms. The van der Waals surface area contributed by atoms with Crippen molar-refractivity contribution >= 4 is 5.91 Å². The summed E-state index contributed by atoms with van der Waals surface area (Å²) in [7, 11) is 1.50. The van der Waals surface area contributed by atoms with E-state index in [0.29, 0.717) is 24.4 Å². The zero-order valence-electron chi connectivity index (χ0n) is 11.7. The molecule has 0 aliphatic carbocycles. The zero-order chi connectivity index (χ0) is 15.0. The molecule has 3 rings (SSSR count). The molecule has 6 nitrogen and oxygen atoms in total. The molecule has 0 spiro atoms. The van der Waals surface area contributed by atoms with Crippen LogP contribution >= 0.6 is 0 Å². The Hall–Kier alpha value is -2.34. The highest BCUT2D eigenvalue weighted by molar-refractivity contribution is 6.00. The smallest absolute Gasteiger partial charge is 0.254 e. The maximum Gasteiger partial charge on any atom is 0.254 e. The number of amides is 1. The summed E-state index contributed by atoms with van der Waals surface area (Å²) in [6.07, 6.45) is 4.12. The predicted octanol–water partition coefficient (Wildman–Crippen LogP) is 1.48. The summed E-state index contributed by atoms with van der Waals surface area (Å²) >= 11 is 0. The van der Waals surface area contributed by atoms with E-state index in [-0.39, 0.29) is 5.56 Å². The lowest BCUT2D eigenvalue weighted by Crippen LogP contribution is -2.20. The lowest BCUT2D eigenvalue weighted by Gasteiger charge is -2.22. The van der Waals surface area contributed by atoms with E-state index < -0.39 is 12.0 Å². The number of hydrogen-bond acceptors (Lipinski definition) is 4. The number of aromatic nitrogens is 2. The molecule has 0 aromatic carbocycles. The predicted molar refractivity (Wildman–Crippen MR) is 76.9 cm³/mol. The van der Waals surface area contributed by atoms with Crippen LogP contribution < -0.4 is 10.5 Å². The second-order valence-corrected chi connectivity index (χ2v) is 5.06. The quantitative estimate of drug-likeness (QED) is 0.894. The van der Waals surface area contributed by atoms with Crippen molar-refractivity contribution < 1.29 is 14.6 Å². The van der Waals surface area contributed by atoms with Crippen molar-refractivity contribution in [3.63, 3.8) is 0 Å². The molecule has 3 heterocycles. The van der Waals surface area contributed by atoms with Gasteiger partial charge >= 0.3 is 0 Å². The molecule has 1 atom stereocenters. The van der Waals surface area contributed by atoms with Crippen LogP contribution in [0.5, 0.6) is 5.75 Å². The number of rotatable bonds is 3. The minimum Gasteiger partial charge on any atom is -0.494 e. The summed E-state index contributed by atoms with van der Waals surface area (Å²) < 4.78 is 7.35. The molecule has 1 aliphatic rings. The lowest BCUT2D eigenvalue weighted by atomic mass is 10.0. The van der Waals surface area contributed by atoms with Crippen LogP contribution in [-0.2, 0) is 6.54 Å². The fourth-order valence-electron chi connectivity index (χ4n) is 3.00. The van der Waals surface area contributed by atoms with Crippen LogP contribution in [0, 0.1) is 0 Å². The first kappa shape index (κ1) is 13.6. The van der Waals surface area contributed by atoms with Gasteiger partial charge in [0.25, 0.3) is 5.91 Å². The molecule has 1 aliphatic heterocycles. The van der Waals surface area contributed by atoms with Crippen LogP contribution in [0.2, 0.25) is 0 Å². The first-order chi connectivity index (χ1) is 10.1. The molecule has 1 unspecified atom stereocenters. The zero-order valence-corrected chi connectivity index (χ0v) is 11.7. The van der Waals surface area contributed by atoms with Gasteiger partial charge in [-0.2, -0.15) is 0 Å². The maximum absolute atomic E-state index is 11.8. The molecule has 0 saturated carbocycles. The van der Waals surface area contributed by atoms with Crippen LogP contribution in [0.1, 0.15) is 35.0 Å². The van der Waals surface area contributed by atoms with Crippen LogP contribution in [0.3, 0.4) is 0 Å². The molecular weight excluding hydrogens is 270 g/mol. The van der Waals surface area contributed by atoms with E-state index in [1.54, 1.807) is 12.4 Å². The number of pyridine rings is 1. The van der Waals surface area contributed by atoms with E-state index in [1.165, 1.54) is 7.11 Å². The second-order valence-electron chi connectivity index (χ2n) is 5.06. The Morgan fingerprint density at radius 2 is 2.38 bits per heavy atom. The van der Waals surface area contributed by atoms with Gasteiger partial charge in [-0.3, -0.25) is 9.78 Å². The topological polar surface area (TPSA) is 90.4 Å². The SMILES string of the molecule is COc1c(C(N)=O)c2n(c1-c1cccnc1)CCCC2O. The molecule has 0 saturated heterocycles. The van der Waals surface area contributed by atoms with E-state index >= 15 is 0 Å². The van der Waals surface area contributed by atoms with E-state index in [4.69, 9.17) is 10.5 Å². The van der Waals surface area contributed by atoms with Crippen molar-refractivity contribution in [1.29, 1.82) is 0 Å². The number of carbonyl (C=O) groups excluding carboxylic acids is 1. The third-order valence-corrected chi connectivity index (χ3v) is 3.82. The number of methoxy groups -OCH3 is 1. The number of fused-ring (bicyclic) bond motifs is 1. The Bertz CT molecular complexity index is 679. The lowest BCUT2D eigenvalue weighted by molar-refractivity contribution is 0.0980. The van der Waals surface area contributed by atoms with Crippen molar-refractivity contribution in [2.24, 2.45) is 5.73 Å². The highest BCUT2D eigenvalue weighted by atomic mass is 16.5. The van der Waals surface area contributed by atoms with Gasteiger partial charge in [-0.05, 0) is 25.0 Å². The second kappa shape index (κ2) is 5.21. The molecule has 2 aromatic rings. The van der Waals surface area contributed by atoms with Crippen LogP contribution in [0.25, 0.3) is 11.3 Å². The summed E-state index contributed by atoms with van der Waals surface area (Å²) in [6.45, 7) is 0.709. The maximum atomic E-state index is 11.8. The number of carbonyl (C=O) groups is 1. The molecule has 3 N–H and O–H groups in total.